The maximum atomic E-state index is 4.66. The first-order chi connectivity index (χ1) is 31.8. The third-order valence-electron chi connectivity index (χ3n) is 11.5. The van der Waals surface area contributed by atoms with Crippen LogP contribution in [0.5, 0.6) is 0 Å². The summed E-state index contributed by atoms with van der Waals surface area (Å²) in [6, 6.07) is 74.4. The van der Waals surface area contributed by atoms with Gasteiger partial charge in [0.1, 0.15) is 17.8 Å². The average molecular weight is 1020 g/mol. The Morgan fingerprint density at radius 3 is 1.46 bits per heavy atom. The van der Waals surface area contributed by atoms with Crippen molar-refractivity contribution in [3.63, 3.8) is 0 Å². The summed E-state index contributed by atoms with van der Waals surface area (Å²) in [4.78, 5) is 26.9. The van der Waals surface area contributed by atoms with Gasteiger partial charge < -0.3 is 29.4 Å². The third-order valence-corrected chi connectivity index (χ3v) is 11.5. The second kappa shape index (κ2) is 18.5. The summed E-state index contributed by atoms with van der Waals surface area (Å²) in [6.07, 6.45) is 6.81. The van der Waals surface area contributed by atoms with Crippen molar-refractivity contribution < 1.29 is 20.1 Å². The van der Waals surface area contributed by atoms with Crippen molar-refractivity contribution in [1.82, 2.24) is 15.0 Å². The second-order valence-corrected chi connectivity index (χ2v) is 15.3. The van der Waals surface area contributed by atoms with E-state index in [1.54, 1.807) is 0 Å². The summed E-state index contributed by atoms with van der Waals surface area (Å²) in [6.45, 7) is 4.11. The zero-order chi connectivity index (χ0) is 42.7. The largest absolute Gasteiger partial charge is 0.492 e. The van der Waals surface area contributed by atoms with Gasteiger partial charge in [0.05, 0.1) is 17.1 Å². The molecular formula is C55H41IrN9-4. The van der Waals surface area contributed by atoms with E-state index in [0.29, 0.717) is 0 Å². The molecule has 4 aliphatic rings. The monoisotopic (exact) mass is 1020 g/mol. The number of para-hydroxylation sites is 6. The molecule has 10 heteroatoms. The molecule has 0 aliphatic carbocycles. The number of benzene rings is 6. The molecule has 0 N–H and O–H groups in total. The topological polar surface area (TPSA) is 58.1 Å². The van der Waals surface area contributed by atoms with Crippen LogP contribution < -0.4 is 29.4 Å². The van der Waals surface area contributed by atoms with Crippen LogP contribution in [0, 0.1) is 25.5 Å². The minimum Gasteiger partial charge on any atom is -0.492 e. The van der Waals surface area contributed by atoms with E-state index >= 15 is 0 Å². The van der Waals surface area contributed by atoms with E-state index in [1.165, 1.54) is 22.6 Å². The molecule has 1 unspecified atom stereocenters. The summed E-state index contributed by atoms with van der Waals surface area (Å²) in [5, 5.41) is 0. The summed E-state index contributed by atoms with van der Waals surface area (Å²) in [5.41, 5.74) is 11.4. The van der Waals surface area contributed by atoms with Crippen molar-refractivity contribution in [2.75, 3.05) is 29.4 Å². The smallest absolute Gasteiger partial charge is 0.158 e. The molecule has 9 nitrogen and oxygen atoms in total. The molecule has 13 rings (SSSR count). The van der Waals surface area contributed by atoms with Crippen LogP contribution >= 0.6 is 0 Å². The van der Waals surface area contributed by atoms with Crippen LogP contribution in [0.2, 0.25) is 0 Å². The number of nitrogens with zero attached hydrogens (tertiary/aromatic N) is 9. The van der Waals surface area contributed by atoms with Gasteiger partial charge in [0.2, 0.25) is 0 Å². The summed E-state index contributed by atoms with van der Waals surface area (Å²) < 4.78 is 0. The fraction of sp³-hybridized carbons (Fsp3) is 0.0364. The second-order valence-electron chi connectivity index (χ2n) is 15.3. The Balaban J connectivity index is 0.000000114. The van der Waals surface area contributed by atoms with E-state index < -0.39 is 0 Å². The SMILES string of the molecule is [Ir].[c-]1ccccc1N1[CH-]N(c2ccccc2)c2cccnc21.[c-]1ccccc1N1[CH-]N(c2ccccc2)c2ncccc21.c1ccc(N2c3cccnc3N3c4ccccc4CC23)cc1. The van der Waals surface area contributed by atoms with Gasteiger partial charge in [0, 0.05) is 67.9 Å². The first-order valence-corrected chi connectivity index (χ1v) is 21.3. The molecular weight excluding hydrogens is 979 g/mol. The first kappa shape index (κ1) is 41.2. The molecule has 319 valence electrons. The minimum atomic E-state index is 0. The van der Waals surface area contributed by atoms with Gasteiger partial charge in [-0.25, -0.2) is 15.0 Å². The predicted octanol–water partition coefficient (Wildman–Crippen LogP) is 12.8. The Morgan fingerprint density at radius 1 is 0.385 bits per heavy atom. The Labute approximate surface area is 393 Å². The molecule has 9 aromatic rings. The number of hydrogen-bond donors (Lipinski definition) is 0. The summed E-state index contributed by atoms with van der Waals surface area (Å²) in [7, 11) is 0. The van der Waals surface area contributed by atoms with E-state index in [1.807, 2.05) is 122 Å². The van der Waals surface area contributed by atoms with E-state index in [-0.39, 0.29) is 26.3 Å². The van der Waals surface area contributed by atoms with Gasteiger partial charge in [0.25, 0.3) is 0 Å². The van der Waals surface area contributed by atoms with E-state index in [0.717, 1.165) is 58.0 Å². The van der Waals surface area contributed by atoms with Crippen LogP contribution in [-0.4, -0.2) is 21.1 Å². The molecule has 3 aromatic heterocycles. The van der Waals surface area contributed by atoms with Crippen molar-refractivity contribution in [2.24, 2.45) is 0 Å². The molecule has 6 aromatic carbocycles. The van der Waals surface area contributed by atoms with Crippen LogP contribution in [0.1, 0.15) is 5.56 Å². The maximum absolute atomic E-state index is 4.66. The Hall–Kier alpha value is -7.78. The molecule has 65 heavy (non-hydrogen) atoms. The Morgan fingerprint density at radius 2 is 0.846 bits per heavy atom. The number of aromatic nitrogens is 3. The van der Waals surface area contributed by atoms with Crippen LogP contribution in [-0.2, 0) is 26.5 Å². The molecule has 0 spiro atoms. The van der Waals surface area contributed by atoms with Crippen molar-refractivity contribution >= 4 is 68.6 Å². The predicted molar refractivity (Wildman–Crippen MR) is 258 cm³/mol. The van der Waals surface area contributed by atoms with Crippen LogP contribution in [0.15, 0.2) is 219 Å². The van der Waals surface area contributed by atoms with Gasteiger partial charge in [-0.3, -0.25) is 0 Å². The normalized spacial score (nSPS) is 14.7. The molecule has 7 heterocycles. The Bertz CT molecular complexity index is 2700. The molecule has 1 atom stereocenters. The van der Waals surface area contributed by atoms with Gasteiger partial charge in [0.15, 0.2) is 5.82 Å². The van der Waals surface area contributed by atoms with E-state index in [4.69, 9.17) is 0 Å². The van der Waals surface area contributed by atoms with E-state index in [2.05, 4.69) is 167 Å². The van der Waals surface area contributed by atoms with Gasteiger partial charge >= 0.3 is 0 Å². The summed E-state index contributed by atoms with van der Waals surface area (Å²) in [5.74, 6) is 2.91. The molecule has 0 amide bonds. The van der Waals surface area contributed by atoms with Crippen LogP contribution in [0.25, 0.3) is 0 Å². The fourth-order valence-electron chi connectivity index (χ4n) is 8.65. The zero-order valence-electron chi connectivity index (χ0n) is 35.1. The zero-order valence-corrected chi connectivity index (χ0v) is 37.5. The number of rotatable bonds is 5. The standard InChI is InChI=1S/C19H15N3.2C18H13N3.Ir/c1-2-8-15(9-3-1)21-17-11-6-12-20-19(17)22-16-10-5-4-7-14(16)13-18(21)22;2*1-3-8-15(9-4-1)20-14-21(16-10-5-2-6-11-16)18-17(20)12-7-13-19-18;/h1-12,18H,13H2;1-8,10-14H;1-10,12-14H;/q;2*-2;. The Kier molecular flexibility index (Phi) is 11.7. The average Bonchev–Trinajstić information content (AvgIpc) is 4.15. The van der Waals surface area contributed by atoms with Gasteiger partial charge in [-0.1, -0.05) is 72.8 Å². The molecule has 0 bridgehead atoms. The molecule has 0 fully saturated rings. The maximum Gasteiger partial charge on any atom is 0.158 e. The number of pyridine rings is 3. The molecule has 1 radical (unpaired) electrons. The van der Waals surface area contributed by atoms with Gasteiger partial charge in [-0.15, -0.1) is 24.7 Å². The van der Waals surface area contributed by atoms with Gasteiger partial charge in [-0.05, 0) is 84.4 Å². The minimum absolute atomic E-state index is 0. The van der Waals surface area contributed by atoms with Gasteiger partial charge in [-0.2, -0.15) is 60.7 Å². The van der Waals surface area contributed by atoms with E-state index in [9.17, 15) is 0 Å². The number of fused-ring (bicyclic) bond motifs is 7. The van der Waals surface area contributed by atoms with Crippen molar-refractivity contribution in [3.05, 3.63) is 250 Å². The van der Waals surface area contributed by atoms with Crippen molar-refractivity contribution in [2.45, 2.75) is 12.6 Å². The number of anilines is 12. The quantitative estimate of drug-likeness (QED) is 0.157. The fourth-order valence-corrected chi connectivity index (χ4v) is 8.65. The van der Waals surface area contributed by atoms with Crippen molar-refractivity contribution in [1.29, 1.82) is 0 Å². The summed E-state index contributed by atoms with van der Waals surface area (Å²) >= 11 is 0. The van der Waals surface area contributed by atoms with Crippen molar-refractivity contribution in [3.8, 4) is 0 Å². The van der Waals surface area contributed by atoms with Crippen LogP contribution in [0.4, 0.5) is 68.6 Å². The van der Waals surface area contributed by atoms with Crippen LogP contribution in [0.3, 0.4) is 0 Å². The third kappa shape index (κ3) is 7.95. The first-order valence-electron chi connectivity index (χ1n) is 21.3. The molecule has 4 aliphatic heterocycles. The molecule has 0 saturated carbocycles. The number of hydrogen-bond acceptors (Lipinski definition) is 9. The molecule has 0 saturated heterocycles.